The van der Waals surface area contributed by atoms with Crippen LogP contribution in [0.3, 0.4) is 0 Å². The molecule has 2 N–H and O–H groups in total. The Bertz CT molecular complexity index is 883. The molecule has 0 saturated heterocycles. The van der Waals surface area contributed by atoms with Crippen molar-refractivity contribution in [2.75, 3.05) is 0 Å². The molecule has 2 heterocycles. The highest BCUT2D eigenvalue weighted by Crippen LogP contribution is 2.17. The monoisotopic (exact) mass is 340 g/mol. The van der Waals surface area contributed by atoms with Crippen molar-refractivity contribution in [1.82, 2.24) is 9.97 Å². The van der Waals surface area contributed by atoms with Crippen molar-refractivity contribution in [3.63, 3.8) is 0 Å². The number of aromatic amines is 2. The van der Waals surface area contributed by atoms with Gasteiger partial charge in [-0.15, -0.1) is 0 Å². The largest absolute Gasteiger partial charge is 0.358 e. The highest BCUT2D eigenvalue weighted by molar-refractivity contribution is 6.08. The van der Waals surface area contributed by atoms with Crippen molar-refractivity contribution >= 4 is 23.7 Å². The third-order valence-electron chi connectivity index (χ3n) is 4.02. The molecule has 2 aromatic heterocycles. The molecule has 0 aliphatic carbocycles. The summed E-state index contributed by atoms with van der Waals surface area (Å²) in [7, 11) is 0. The highest BCUT2D eigenvalue weighted by Gasteiger charge is 2.21. The van der Waals surface area contributed by atoms with Crippen molar-refractivity contribution in [1.29, 1.82) is 0 Å². The zero-order valence-electron chi connectivity index (χ0n) is 16.0. The molecule has 0 unspecified atom stereocenters. The molecule has 4 nitrogen and oxygen atoms in total. The van der Waals surface area contributed by atoms with Gasteiger partial charge in [0.1, 0.15) is 5.78 Å². The molecule has 0 atom stereocenters. The minimum absolute atomic E-state index is 0.0868. The van der Waals surface area contributed by atoms with Crippen LogP contribution in [0.2, 0.25) is 0 Å². The third-order valence-corrected chi connectivity index (χ3v) is 4.02. The summed E-state index contributed by atoms with van der Waals surface area (Å²) < 4.78 is 0. The molecule has 0 aromatic carbocycles. The van der Waals surface area contributed by atoms with Crippen LogP contribution >= 0.6 is 0 Å². The Kier molecular flexibility index (Phi) is 5.21. The van der Waals surface area contributed by atoms with E-state index in [1.54, 1.807) is 6.08 Å². The van der Waals surface area contributed by atoms with Crippen LogP contribution in [0.25, 0.3) is 12.2 Å². The average Bonchev–Trinajstić information content (AvgIpc) is 3.07. The number of aromatic nitrogens is 2. The van der Waals surface area contributed by atoms with Gasteiger partial charge in [-0.05, 0) is 30.3 Å². The van der Waals surface area contributed by atoms with Crippen LogP contribution in [0.4, 0.5) is 0 Å². The maximum absolute atomic E-state index is 12.1. The Morgan fingerprint density at radius 3 is 2.12 bits per heavy atom. The van der Waals surface area contributed by atoms with Crippen molar-refractivity contribution in [2.24, 2.45) is 10.8 Å². The van der Waals surface area contributed by atoms with Gasteiger partial charge in [-0.2, -0.15) is 0 Å². The van der Waals surface area contributed by atoms with Crippen molar-refractivity contribution in [3.8, 4) is 0 Å². The summed E-state index contributed by atoms with van der Waals surface area (Å²) in [6.07, 6.45) is 4.00. The van der Waals surface area contributed by atoms with Gasteiger partial charge in [-0.25, -0.2) is 0 Å². The lowest BCUT2D eigenvalue weighted by molar-refractivity contribution is -0.125. The fourth-order valence-electron chi connectivity index (χ4n) is 2.21. The number of ketones is 2. The first-order chi connectivity index (χ1) is 11.4. The molecular weight excluding hydrogens is 312 g/mol. The second-order valence-corrected chi connectivity index (χ2v) is 8.56. The van der Waals surface area contributed by atoms with Crippen LogP contribution in [0.1, 0.15) is 52.9 Å². The number of hydrogen-bond donors (Lipinski definition) is 2. The molecule has 0 radical (unpaired) electrons. The minimum Gasteiger partial charge on any atom is -0.358 e. The molecule has 0 aliphatic rings. The number of hydrogen-bond acceptors (Lipinski definition) is 2. The number of H-pyrrole nitrogens is 2. The summed E-state index contributed by atoms with van der Waals surface area (Å²) in [6, 6.07) is 7.72. The topological polar surface area (TPSA) is 65.7 Å². The first-order valence-corrected chi connectivity index (χ1v) is 8.59. The standard InChI is InChI=1S/C21H28N2O2/c1-20(2,3)18(24)12-16-9-7-14(22-16)11-15-8-10-17(23-15)13-19(25)21(4,5)6/h7-12,22-23H,13H2,1-6H3. The molecule has 2 rings (SSSR count). The summed E-state index contributed by atoms with van der Waals surface area (Å²) in [5.74, 6) is 0.294. The average molecular weight is 340 g/mol. The molecule has 2 aromatic rings. The van der Waals surface area contributed by atoms with Gasteiger partial charge in [0.2, 0.25) is 0 Å². The summed E-state index contributed by atoms with van der Waals surface area (Å²) in [6.45, 7) is 11.5. The van der Waals surface area contributed by atoms with E-state index in [1.807, 2.05) is 71.9 Å². The van der Waals surface area contributed by atoms with Crippen molar-refractivity contribution < 1.29 is 9.59 Å². The van der Waals surface area contributed by atoms with E-state index in [0.29, 0.717) is 6.42 Å². The lowest BCUT2D eigenvalue weighted by Gasteiger charge is -2.15. The van der Waals surface area contributed by atoms with Crippen LogP contribution in [0, 0.1) is 10.8 Å². The zero-order valence-corrected chi connectivity index (χ0v) is 16.0. The molecule has 0 amide bonds. The van der Waals surface area contributed by atoms with Crippen LogP contribution in [-0.4, -0.2) is 21.5 Å². The Labute approximate surface area is 149 Å². The van der Waals surface area contributed by atoms with E-state index < -0.39 is 0 Å². The number of carbonyl (C=O) groups excluding carboxylic acids is 2. The number of Topliss-reactive ketones (excluding diaryl/α,β-unsaturated/α-hetero) is 2. The maximum Gasteiger partial charge on any atom is 0.163 e. The fourth-order valence-corrected chi connectivity index (χ4v) is 2.21. The predicted octanol–water partition coefficient (Wildman–Crippen LogP) is 2.73. The third kappa shape index (κ3) is 5.31. The molecular formula is C21H28N2O2. The summed E-state index contributed by atoms with van der Waals surface area (Å²) in [4.78, 5) is 30.7. The molecule has 0 spiro atoms. The first kappa shape index (κ1) is 19.0. The lowest BCUT2D eigenvalue weighted by atomic mass is 9.88. The van der Waals surface area contributed by atoms with Crippen LogP contribution in [-0.2, 0) is 16.0 Å². The van der Waals surface area contributed by atoms with E-state index in [9.17, 15) is 9.59 Å². The van der Waals surface area contributed by atoms with Gasteiger partial charge in [0.15, 0.2) is 5.78 Å². The van der Waals surface area contributed by atoms with Gasteiger partial charge in [0, 0.05) is 45.4 Å². The van der Waals surface area contributed by atoms with E-state index in [0.717, 1.165) is 22.1 Å². The molecule has 0 aliphatic heterocycles. The quantitative estimate of drug-likeness (QED) is 0.899. The first-order valence-electron chi connectivity index (χ1n) is 8.59. The predicted molar refractivity (Wildman–Crippen MR) is 101 cm³/mol. The minimum atomic E-state index is -0.386. The Hall–Kier alpha value is -2.36. The van der Waals surface area contributed by atoms with Gasteiger partial charge in [0.05, 0.1) is 0 Å². The Balaban J connectivity index is 2.19. The highest BCUT2D eigenvalue weighted by atomic mass is 16.1. The van der Waals surface area contributed by atoms with Gasteiger partial charge in [0.25, 0.3) is 0 Å². The second-order valence-electron chi connectivity index (χ2n) is 8.56. The van der Waals surface area contributed by atoms with E-state index >= 15 is 0 Å². The van der Waals surface area contributed by atoms with Crippen LogP contribution < -0.4 is 10.7 Å². The zero-order chi connectivity index (χ0) is 18.8. The van der Waals surface area contributed by atoms with Gasteiger partial charge in [-0.3, -0.25) is 9.59 Å². The second kappa shape index (κ2) is 6.87. The fraction of sp³-hybridized carbons (Fsp3) is 0.429. The summed E-state index contributed by atoms with van der Waals surface area (Å²) >= 11 is 0. The maximum atomic E-state index is 12.1. The number of nitrogens with one attached hydrogen (secondary N) is 2. The molecule has 0 saturated carbocycles. The van der Waals surface area contributed by atoms with E-state index in [2.05, 4.69) is 9.97 Å². The Morgan fingerprint density at radius 2 is 1.52 bits per heavy atom. The molecule has 4 heteroatoms. The number of rotatable bonds is 4. The van der Waals surface area contributed by atoms with Crippen LogP contribution in [0.5, 0.6) is 0 Å². The van der Waals surface area contributed by atoms with Gasteiger partial charge >= 0.3 is 0 Å². The van der Waals surface area contributed by atoms with Gasteiger partial charge in [-0.1, -0.05) is 41.5 Å². The van der Waals surface area contributed by atoms with E-state index in [4.69, 9.17) is 0 Å². The summed E-state index contributed by atoms with van der Waals surface area (Å²) in [5, 5.41) is 1.70. The molecule has 134 valence electrons. The van der Waals surface area contributed by atoms with E-state index in [-0.39, 0.29) is 22.4 Å². The normalized spacial score (nSPS) is 14.2. The molecule has 25 heavy (non-hydrogen) atoms. The van der Waals surface area contributed by atoms with Crippen molar-refractivity contribution in [2.45, 2.75) is 48.0 Å². The smallest absolute Gasteiger partial charge is 0.163 e. The number of carbonyl (C=O) groups is 2. The van der Waals surface area contributed by atoms with Gasteiger partial charge < -0.3 is 9.97 Å². The SMILES string of the molecule is CC(C)(C)C(=O)C=c1ccc(=Cc2ccc(CC(=O)C(C)(C)C)[nH]2)[nH]1. The van der Waals surface area contributed by atoms with E-state index in [1.165, 1.54) is 0 Å². The van der Waals surface area contributed by atoms with Crippen molar-refractivity contribution in [3.05, 3.63) is 46.4 Å². The molecule has 0 fully saturated rings. The molecule has 0 bridgehead atoms. The summed E-state index contributed by atoms with van der Waals surface area (Å²) in [5.41, 5.74) is 1.11. The lowest BCUT2D eigenvalue weighted by Crippen LogP contribution is -2.22. The van der Waals surface area contributed by atoms with Crippen LogP contribution in [0.15, 0.2) is 24.3 Å². The Morgan fingerprint density at radius 1 is 0.880 bits per heavy atom.